The molecule has 2 aromatic rings. The van der Waals surface area contributed by atoms with Crippen molar-refractivity contribution in [2.75, 3.05) is 0 Å². The molecule has 2 fully saturated rings. The predicted molar refractivity (Wildman–Crippen MR) is 108 cm³/mol. The summed E-state index contributed by atoms with van der Waals surface area (Å²) in [5.74, 6) is 0. The van der Waals surface area contributed by atoms with E-state index in [1.165, 1.54) is 0 Å². The largest absolute Gasteiger partial charge is 0.243 e. The van der Waals surface area contributed by atoms with Gasteiger partial charge < -0.3 is 0 Å². The Balaban J connectivity index is 1.60. The highest BCUT2D eigenvalue weighted by molar-refractivity contribution is 7.92. The Bertz CT molecular complexity index is 1030. The number of fused-ring (bicyclic) bond motifs is 2. The van der Waals surface area contributed by atoms with Gasteiger partial charge in [0, 0.05) is 12.1 Å². The van der Waals surface area contributed by atoms with Gasteiger partial charge in [0.15, 0.2) is 9.84 Å². The summed E-state index contributed by atoms with van der Waals surface area (Å²) in [6.45, 7) is 2.03. The summed E-state index contributed by atoms with van der Waals surface area (Å²) in [5.41, 5.74) is 1.09. The number of sulfone groups is 1. The molecular weight excluding hydrogens is 394 g/mol. The lowest BCUT2D eigenvalue weighted by molar-refractivity contribution is 0.249. The predicted octanol–water partition coefficient (Wildman–Crippen LogP) is 3.41. The van der Waals surface area contributed by atoms with E-state index in [4.69, 9.17) is 0 Å². The molecule has 2 bridgehead atoms. The van der Waals surface area contributed by atoms with Gasteiger partial charge in [-0.3, -0.25) is 0 Å². The summed E-state index contributed by atoms with van der Waals surface area (Å²) in [4.78, 5) is 0.622. The Morgan fingerprint density at radius 1 is 0.821 bits per heavy atom. The Kier molecular flexibility index (Phi) is 5.10. The van der Waals surface area contributed by atoms with Crippen LogP contribution in [0.4, 0.5) is 0 Å². The molecular formula is C21H25NO4S2. The molecule has 28 heavy (non-hydrogen) atoms. The van der Waals surface area contributed by atoms with Crippen molar-refractivity contribution in [3.8, 4) is 0 Å². The molecule has 2 saturated heterocycles. The number of piperidine rings is 1. The summed E-state index contributed by atoms with van der Waals surface area (Å²) in [6.07, 6.45) is 3.02. The van der Waals surface area contributed by atoms with Crippen LogP contribution < -0.4 is 0 Å². The van der Waals surface area contributed by atoms with E-state index in [1.54, 1.807) is 46.8 Å². The molecule has 2 atom stereocenters. The molecule has 5 nitrogen and oxygen atoms in total. The fourth-order valence-electron chi connectivity index (χ4n) is 4.55. The minimum absolute atomic E-state index is 0.252. The zero-order chi connectivity index (χ0) is 19.9. The van der Waals surface area contributed by atoms with Crippen LogP contribution in [-0.4, -0.2) is 38.5 Å². The molecule has 2 heterocycles. The second kappa shape index (κ2) is 7.28. The lowest BCUT2D eigenvalue weighted by atomic mass is 10.1. The quantitative estimate of drug-likeness (QED) is 0.745. The smallest absolute Gasteiger partial charge is 0.223 e. The van der Waals surface area contributed by atoms with Crippen LogP contribution in [0.15, 0.2) is 64.4 Å². The van der Waals surface area contributed by atoms with E-state index in [2.05, 4.69) is 0 Å². The maximum atomic E-state index is 13.3. The molecule has 7 heteroatoms. The van der Waals surface area contributed by atoms with E-state index in [-0.39, 0.29) is 12.1 Å². The summed E-state index contributed by atoms with van der Waals surface area (Å²) in [7, 11) is -7.07. The lowest BCUT2D eigenvalue weighted by Gasteiger charge is -2.37. The van der Waals surface area contributed by atoms with Crippen LogP contribution in [0.2, 0.25) is 0 Å². The number of aryl methyl sites for hydroxylation is 1. The van der Waals surface area contributed by atoms with E-state index < -0.39 is 25.1 Å². The maximum absolute atomic E-state index is 13.3. The van der Waals surface area contributed by atoms with Crippen LogP contribution in [0, 0.1) is 0 Å². The molecule has 2 aliphatic rings. The summed E-state index contributed by atoms with van der Waals surface area (Å²) < 4.78 is 54.2. The Labute approximate surface area is 167 Å². The third kappa shape index (κ3) is 3.29. The molecule has 0 spiro atoms. The minimum atomic E-state index is -3.62. The first kappa shape index (κ1) is 19.6. The van der Waals surface area contributed by atoms with Crippen LogP contribution in [-0.2, 0) is 26.3 Å². The second-order valence-electron chi connectivity index (χ2n) is 7.67. The standard InChI is InChI=1S/C21H25NO4S2/c1-2-16-8-12-20(13-9-16)28(25,26)22-17-10-11-18(22)15-21(14-17)27(23,24)19-6-4-3-5-7-19/h3-9,12-13,17-18,21H,2,10-11,14-15H2,1H3. The first-order valence-corrected chi connectivity index (χ1v) is 12.7. The third-order valence-electron chi connectivity index (χ3n) is 6.04. The van der Waals surface area contributed by atoms with Crippen molar-refractivity contribution in [1.29, 1.82) is 0 Å². The highest BCUT2D eigenvalue weighted by Gasteiger charge is 2.50. The molecule has 0 aliphatic carbocycles. The molecule has 150 valence electrons. The van der Waals surface area contributed by atoms with Crippen molar-refractivity contribution in [2.45, 2.75) is 66.2 Å². The van der Waals surface area contributed by atoms with E-state index in [1.807, 2.05) is 19.1 Å². The fraction of sp³-hybridized carbons (Fsp3) is 0.429. The van der Waals surface area contributed by atoms with Gasteiger partial charge >= 0.3 is 0 Å². The van der Waals surface area contributed by atoms with Gasteiger partial charge in [-0.1, -0.05) is 37.3 Å². The Hall–Kier alpha value is -1.70. The van der Waals surface area contributed by atoms with E-state index >= 15 is 0 Å². The lowest BCUT2D eigenvalue weighted by Crippen LogP contribution is -2.49. The van der Waals surface area contributed by atoms with Crippen LogP contribution in [0.1, 0.15) is 38.2 Å². The Morgan fingerprint density at radius 3 is 1.93 bits per heavy atom. The van der Waals surface area contributed by atoms with Gasteiger partial charge in [-0.2, -0.15) is 4.31 Å². The van der Waals surface area contributed by atoms with Gasteiger partial charge in [0.05, 0.1) is 15.0 Å². The summed E-state index contributed by atoms with van der Waals surface area (Å²) in [5, 5.41) is -0.527. The van der Waals surface area contributed by atoms with Crippen molar-refractivity contribution in [3.63, 3.8) is 0 Å². The summed E-state index contributed by atoms with van der Waals surface area (Å²) in [6, 6.07) is 15.0. The van der Waals surface area contributed by atoms with Crippen molar-refractivity contribution in [2.24, 2.45) is 0 Å². The van der Waals surface area contributed by atoms with Gasteiger partial charge in [0.2, 0.25) is 10.0 Å². The fourth-order valence-corrected chi connectivity index (χ4v) is 8.32. The SMILES string of the molecule is CCc1ccc(S(=O)(=O)N2C3CCC2CC(S(=O)(=O)c2ccccc2)C3)cc1. The van der Waals surface area contributed by atoms with Crippen molar-refractivity contribution in [1.82, 2.24) is 4.31 Å². The highest BCUT2D eigenvalue weighted by atomic mass is 32.2. The topological polar surface area (TPSA) is 71.5 Å². The first-order valence-electron chi connectivity index (χ1n) is 9.75. The van der Waals surface area contributed by atoms with Crippen molar-refractivity contribution < 1.29 is 16.8 Å². The molecule has 2 aromatic carbocycles. The summed E-state index contributed by atoms with van der Waals surface area (Å²) >= 11 is 0. The number of sulfonamides is 1. The molecule has 0 saturated carbocycles. The zero-order valence-electron chi connectivity index (χ0n) is 15.9. The van der Waals surface area contributed by atoms with Crippen LogP contribution in [0.5, 0.6) is 0 Å². The van der Waals surface area contributed by atoms with Crippen molar-refractivity contribution >= 4 is 19.9 Å². The molecule has 0 amide bonds. The normalized spacial score (nSPS) is 25.7. The average Bonchev–Trinajstić information content (AvgIpc) is 2.99. The molecule has 2 aliphatic heterocycles. The zero-order valence-corrected chi connectivity index (χ0v) is 17.5. The number of hydrogen-bond donors (Lipinski definition) is 0. The van der Waals surface area contributed by atoms with Gasteiger partial charge in [-0.25, -0.2) is 16.8 Å². The minimum Gasteiger partial charge on any atom is -0.223 e. The molecule has 0 N–H and O–H groups in total. The highest BCUT2D eigenvalue weighted by Crippen LogP contribution is 2.42. The number of benzene rings is 2. The van der Waals surface area contributed by atoms with E-state index in [0.717, 1.165) is 24.8 Å². The van der Waals surface area contributed by atoms with E-state index in [0.29, 0.717) is 22.6 Å². The molecule has 4 rings (SSSR count). The van der Waals surface area contributed by atoms with Gasteiger partial charge in [0.25, 0.3) is 0 Å². The van der Waals surface area contributed by atoms with Crippen molar-refractivity contribution in [3.05, 3.63) is 60.2 Å². The van der Waals surface area contributed by atoms with Gasteiger partial charge in [-0.15, -0.1) is 0 Å². The molecule has 0 radical (unpaired) electrons. The van der Waals surface area contributed by atoms with Crippen LogP contribution >= 0.6 is 0 Å². The van der Waals surface area contributed by atoms with Crippen LogP contribution in [0.3, 0.4) is 0 Å². The monoisotopic (exact) mass is 419 g/mol. The first-order chi connectivity index (χ1) is 13.3. The number of hydrogen-bond acceptors (Lipinski definition) is 4. The molecule has 2 unspecified atom stereocenters. The average molecular weight is 420 g/mol. The van der Waals surface area contributed by atoms with Gasteiger partial charge in [0.1, 0.15) is 0 Å². The van der Waals surface area contributed by atoms with Crippen LogP contribution in [0.25, 0.3) is 0 Å². The third-order valence-corrected chi connectivity index (χ3v) is 10.3. The Morgan fingerprint density at radius 2 is 1.39 bits per heavy atom. The second-order valence-corrected chi connectivity index (χ2v) is 11.7. The maximum Gasteiger partial charge on any atom is 0.243 e. The van der Waals surface area contributed by atoms with Gasteiger partial charge in [-0.05, 0) is 61.9 Å². The number of rotatable bonds is 5. The van der Waals surface area contributed by atoms with E-state index in [9.17, 15) is 16.8 Å². The molecule has 0 aromatic heterocycles. The number of nitrogens with zero attached hydrogens (tertiary/aromatic N) is 1.